The van der Waals surface area contributed by atoms with Crippen LogP contribution in [-0.4, -0.2) is 24.1 Å². The van der Waals surface area contributed by atoms with Gasteiger partial charge < -0.3 is 0 Å². The van der Waals surface area contributed by atoms with Gasteiger partial charge in [-0.05, 0) is 68.8 Å². The molecule has 0 radical (unpaired) electrons. The van der Waals surface area contributed by atoms with Gasteiger partial charge in [0.1, 0.15) is 0 Å². The Kier molecular flexibility index (Phi) is 7.20. The molecule has 11 aromatic rings. The molecule has 5 heteroatoms. The first-order valence-corrected chi connectivity index (χ1v) is 20.2. The van der Waals surface area contributed by atoms with Gasteiger partial charge in [-0.15, -0.1) is 0 Å². The van der Waals surface area contributed by atoms with Gasteiger partial charge >= 0.3 is 0 Å². The summed E-state index contributed by atoms with van der Waals surface area (Å²) in [6.45, 7) is 4.63. The van der Waals surface area contributed by atoms with Gasteiger partial charge in [0.25, 0.3) is 0 Å². The van der Waals surface area contributed by atoms with Crippen LogP contribution < -0.4 is 0 Å². The molecule has 0 amide bonds. The Morgan fingerprint density at radius 1 is 0.356 bits per heavy atom. The van der Waals surface area contributed by atoms with E-state index < -0.39 is 0 Å². The third-order valence-electron chi connectivity index (χ3n) is 12.4. The van der Waals surface area contributed by atoms with Gasteiger partial charge in [-0.3, -0.25) is 9.13 Å². The van der Waals surface area contributed by atoms with Crippen molar-refractivity contribution < 1.29 is 0 Å². The first-order chi connectivity index (χ1) is 29.0. The van der Waals surface area contributed by atoms with Crippen molar-refractivity contribution in [1.29, 1.82) is 0 Å². The fourth-order valence-corrected chi connectivity index (χ4v) is 9.61. The Hall–Kier alpha value is -7.63. The molecule has 0 unspecified atom stereocenters. The molecule has 8 aromatic carbocycles. The van der Waals surface area contributed by atoms with E-state index in [1.807, 2.05) is 0 Å². The van der Waals surface area contributed by atoms with Crippen LogP contribution in [0.2, 0.25) is 0 Å². The van der Waals surface area contributed by atoms with Crippen LogP contribution in [0.15, 0.2) is 188 Å². The molecule has 59 heavy (non-hydrogen) atoms. The zero-order valence-corrected chi connectivity index (χ0v) is 32.6. The minimum atomic E-state index is -0.179. The molecule has 5 nitrogen and oxygen atoms in total. The minimum absolute atomic E-state index is 0.179. The normalized spacial score (nSPS) is 13.1. The van der Waals surface area contributed by atoms with E-state index in [9.17, 15) is 0 Å². The van der Waals surface area contributed by atoms with Crippen molar-refractivity contribution >= 4 is 43.6 Å². The van der Waals surface area contributed by atoms with Crippen LogP contribution >= 0.6 is 0 Å². The summed E-state index contributed by atoms with van der Waals surface area (Å²) in [7, 11) is 0. The first kappa shape index (κ1) is 33.5. The summed E-state index contributed by atoms with van der Waals surface area (Å²) < 4.78 is 4.46. The Balaban J connectivity index is 1.20. The van der Waals surface area contributed by atoms with E-state index >= 15 is 0 Å². The second kappa shape index (κ2) is 12.7. The van der Waals surface area contributed by atoms with Crippen LogP contribution in [0.1, 0.15) is 25.0 Å². The predicted molar refractivity (Wildman–Crippen MR) is 242 cm³/mol. The van der Waals surface area contributed by atoms with E-state index in [1.54, 1.807) is 0 Å². The van der Waals surface area contributed by atoms with Crippen LogP contribution in [0, 0.1) is 0 Å². The van der Waals surface area contributed by atoms with Crippen molar-refractivity contribution in [2.45, 2.75) is 19.3 Å². The summed E-state index contributed by atoms with van der Waals surface area (Å²) in [5.74, 6) is 1.76. The van der Waals surface area contributed by atoms with Gasteiger partial charge in [-0.1, -0.05) is 178 Å². The van der Waals surface area contributed by atoms with E-state index in [0.29, 0.717) is 17.7 Å². The lowest BCUT2D eigenvalue weighted by molar-refractivity contribution is 0.660. The SMILES string of the molecule is CC1(C)c2ccccc2-c2c(-c3nc(-n4c5ccccc5c5ccc(-c6ccccc6)cc54)nc(-n4c5ccccc5c5ccc(-c6ccccc6)cc54)n3)cccc21. The maximum absolute atomic E-state index is 5.52. The number of rotatable bonds is 5. The molecule has 278 valence electrons. The average molecular weight is 756 g/mol. The molecule has 3 aromatic heterocycles. The third-order valence-corrected chi connectivity index (χ3v) is 12.4. The molecule has 0 fully saturated rings. The number of nitrogens with zero attached hydrogens (tertiary/aromatic N) is 5. The summed E-state index contributed by atoms with van der Waals surface area (Å²) in [5.41, 5.74) is 14.5. The Bertz CT molecular complexity index is 3290. The fraction of sp³-hybridized carbons (Fsp3) is 0.0556. The Morgan fingerprint density at radius 2 is 0.814 bits per heavy atom. The first-order valence-electron chi connectivity index (χ1n) is 20.2. The highest BCUT2D eigenvalue weighted by molar-refractivity contribution is 6.11. The molecule has 0 saturated heterocycles. The highest BCUT2D eigenvalue weighted by atomic mass is 15.3. The number of para-hydroxylation sites is 2. The molecular weight excluding hydrogens is 719 g/mol. The summed E-state index contributed by atoms with van der Waals surface area (Å²) >= 11 is 0. The monoisotopic (exact) mass is 755 g/mol. The smallest absolute Gasteiger partial charge is 0.240 e. The zero-order chi connectivity index (χ0) is 39.2. The molecule has 0 spiro atoms. The van der Waals surface area contributed by atoms with Crippen LogP contribution in [-0.2, 0) is 5.41 Å². The van der Waals surface area contributed by atoms with Crippen molar-refractivity contribution in [2.24, 2.45) is 0 Å². The molecule has 1 aliphatic carbocycles. The van der Waals surface area contributed by atoms with Crippen molar-refractivity contribution in [1.82, 2.24) is 24.1 Å². The van der Waals surface area contributed by atoms with Crippen LogP contribution in [0.4, 0.5) is 0 Å². The van der Waals surface area contributed by atoms with E-state index in [-0.39, 0.29) is 5.41 Å². The molecule has 0 saturated carbocycles. The maximum atomic E-state index is 5.52. The summed E-state index contributed by atoms with van der Waals surface area (Å²) in [5, 5.41) is 4.58. The number of benzene rings is 8. The highest BCUT2D eigenvalue weighted by Gasteiger charge is 2.37. The largest absolute Gasteiger partial charge is 0.278 e. The third kappa shape index (κ3) is 5.01. The van der Waals surface area contributed by atoms with Gasteiger partial charge in [0.05, 0.1) is 22.1 Å². The van der Waals surface area contributed by atoms with E-state index in [4.69, 9.17) is 15.0 Å². The molecule has 0 bridgehead atoms. The molecule has 12 rings (SSSR count). The maximum Gasteiger partial charge on any atom is 0.240 e. The second-order valence-corrected chi connectivity index (χ2v) is 16.1. The minimum Gasteiger partial charge on any atom is -0.278 e. The van der Waals surface area contributed by atoms with Gasteiger partial charge in [-0.2, -0.15) is 15.0 Å². The van der Waals surface area contributed by atoms with Crippen LogP contribution in [0.3, 0.4) is 0 Å². The number of fused-ring (bicyclic) bond motifs is 9. The van der Waals surface area contributed by atoms with Gasteiger partial charge in [0, 0.05) is 32.5 Å². The van der Waals surface area contributed by atoms with E-state index in [1.165, 1.54) is 22.3 Å². The number of hydrogen-bond donors (Lipinski definition) is 0. The van der Waals surface area contributed by atoms with Crippen LogP contribution in [0.5, 0.6) is 0 Å². The quantitative estimate of drug-likeness (QED) is 0.176. The Morgan fingerprint density at radius 3 is 1.39 bits per heavy atom. The van der Waals surface area contributed by atoms with Gasteiger partial charge in [0.2, 0.25) is 11.9 Å². The lowest BCUT2D eigenvalue weighted by atomic mass is 9.82. The van der Waals surface area contributed by atoms with E-state index in [0.717, 1.165) is 71.4 Å². The topological polar surface area (TPSA) is 48.5 Å². The summed E-state index contributed by atoms with van der Waals surface area (Å²) in [4.78, 5) is 16.5. The average Bonchev–Trinajstić information content (AvgIpc) is 3.89. The summed E-state index contributed by atoms with van der Waals surface area (Å²) in [6, 6.07) is 67.1. The zero-order valence-electron chi connectivity index (χ0n) is 32.6. The van der Waals surface area contributed by atoms with Gasteiger partial charge in [-0.25, -0.2) is 0 Å². The molecule has 1 aliphatic rings. The molecule has 0 N–H and O–H groups in total. The Labute approximate surface area is 341 Å². The standard InChI is InChI=1S/C54H37N5/c1-54(2)44-24-12-9-22-42(44)50-43(23-15-25-45(50)54)51-55-52(58-46-26-13-10-20-38(46)40-30-28-36(32-48(40)58)34-16-5-3-6-17-34)57-53(56-51)59-47-27-14-11-21-39(47)41-31-29-37(33-49(41)59)35-18-7-4-8-19-35/h3-33H,1-2H3. The second-order valence-electron chi connectivity index (χ2n) is 16.1. The lowest BCUT2D eigenvalue weighted by Gasteiger charge is -2.21. The number of hydrogen-bond acceptors (Lipinski definition) is 3. The van der Waals surface area contributed by atoms with Crippen molar-refractivity contribution in [3.63, 3.8) is 0 Å². The number of aromatic nitrogens is 5. The molecule has 3 heterocycles. The molecule has 0 atom stereocenters. The molecular formula is C54H37N5. The summed E-state index contributed by atoms with van der Waals surface area (Å²) in [6.07, 6.45) is 0. The van der Waals surface area contributed by atoms with Gasteiger partial charge in [0.15, 0.2) is 5.82 Å². The fourth-order valence-electron chi connectivity index (χ4n) is 9.61. The van der Waals surface area contributed by atoms with Crippen molar-refractivity contribution in [3.05, 3.63) is 199 Å². The van der Waals surface area contributed by atoms with Crippen molar-refractivity contribution in [2.75, 3.05) is 0 Å². The van der Waals surface area contributed by atoms with Crippen molar-refractivity contribution in [3.8, 4) is 56.7 Å². The van der Waals surface area contributed by atoms with Crippen LogP contribution in [0.25, 0.3) is 100 Å². The van der Waals surface area contributed by atoms with E-state index in [2.05, 4.69) is 211 Å². The predicted octanol–water partition coefficient (Wildman–Crippen LogP) is 13.4. The lowest BCUT2D eigenvalue weighted by Crippen LogP contribution is -2.15. The molecule has 0 aliphatic heterocycles. The highest BCUT2D eigenvalue weighted by Crippen LogP contribution is 2.51.